The van der Waals surface area contributed by atoms with Crippen LogP contribution in [0.5, 0.6) is 0 Å². The van der Waals surface area contributed by atoms with E-state index in [2.05, 4.69) is 20.8 Å². The van der Waals surface area contributed by atoms with Crippen LogP contribution in [0.3, 0.4) is 0 Å². The molecule has 3 amide bonds. The molecule has 1 atom stereocenters. The molecular formula is C23H25N5O2S. The van der Waals surface area contributed by atoms with Gasteiger partial charge in [0.25, 0.3) is 0 Å². The summed E-state index contributed by atoms with van der Waals surface area (Å²) in [6.07, 6.45) is 1.40. The van der Waals surface area contributed by atoms with E-state index in [9.17, 15) is 9.59 Å². The second-order valence-corrected chi connectivity index (χ2v) is 8.79. The molecule has 1 aliphatic rings. The van der Waals surface area contributed by atoms with Gasteiger partial charge in [-0.05, 0) is 44.7 Å². The standard InChI is InChI=1S/C23H25N5O2S/c1-14-9-11-17(12-10-14)21-26-27-22(31-21)25-20(29)18-8-5-13-28(18)23(30)24-19-15(2)6-4-7-16(19)3/h4,6-7,9-12,18H,5,8,13H2,1-3H3,(H,24,30)(H,25,27,29). The quantitative estimate of drug-likeness (QED) is 0.618. The lowest BCUT2D eigenvalue weighted by atomic mass is 10.1. The Labute approximate surface area is 185 Å². The van der Waals surface area contributed by atoms with Crippen LogP contribution in [0.25, 0.3) is 10.6 Å². The molecule has 7 nitrogen and oxygen atoms in total. The first-order valence-corrected chi connectivity index (χ1v) is 11.1. The number of rotatable bonds is 4. The lowest BCUT2D eigenvalue weighted by molar-refractivity contribution is -0.119. The lowest BCUT2D eigenvalue weighted by Crippen LogP contribution is -2.45. The van der Waals surface area contributed by atoms with E-state index in [0.29, 0.717) is 18.1 Å². The Balaban J connectivity index is 1.43. The molecule has 0 spiro atoms. The van der Waals surface area contributed by atoms with Crippen molar-refractivity contribution >= 4 is 34.1 Å². The largest absolute Gasteiger partial charge is 0.322 e. The number of benzene rings is 2. The highest BCUT2D eigenvalue weighted by Crippen LogP contribution is 2.28. The topological polar surface area (TPSA) is 87.2 Å². The van der Waals surface area contributed by atoms with Gasteiger partial charge in [0.1, 0.15) is 11.0 Å². The maximum atomic E-state index is 12.9. The number of likely N-dealkylation sites (tertiary alicyclic amines) is 1. The molecule has 2 aromatic carbocycles. The fourth-order valence-corrected chi connectivity index (χ4v) is 4.50. The number of aryl methyl sites for hydroxylation is 3. The summed E-state index contributed by atoms with van der Waals surface area (Å²) in [5, 5.41) is 15.3. The second kappa shape index (κ2) is 8.85. The summed E-state index contributed by atoms with van der Waals surface area (Å²) in [5.74, 6) is -0.235. The van der Waals surface area contributed by atoms with Crippen LogP contribution in [0, 0.1) is 20.8 Å². The van der Waals surface area contributed by atoms with Crippen LogP contribution >= 0.6 is 11.3 Å². The summed E-state index contributed by atoms with van der Waals surface area (Å²) in [5.41, 5.74) is 4.91. The summed E-state index contributed by atoms with van der Waals surface area (Å²) in [6, 6.07) is 13.1. The van der Waals surface area contributed by atoms with Gasteiger partial charge >= 0.3 is 6.03 Å². The van der Waals surface area contributed by atoms with E-state index >= 15 is 0 Å². The Bertz CT molecular complexity index is 1090. The highest BCUT2D eigenvalue weighted by Gasteiger charge is 2.35. The van der Waals surface area contributed by atoms with E-state index in [1.807, 2.05) is 63.2 Å². The molecule has 4 rings (SSSR count). The van der Waals surface area contributed by atoms with E-state index < -0.39 is 6.04 Å². The Kier molecular flexibility index (Phi) is 5.99. The summed E-state index contributed by atoms with van der Waals surface area (Å²) >= 11 is 1.32. The molecule has 1 aliphatic heterocycles. The number of para-hydroxylation sites is 1. The Morgan fingerprint density at radius 2 is 1.71 bits per heavy atom. The third-order valence-electron chi connectivity index (χ3n) is 5.48. The van der Waals surface area contributed by atoms with Crippen LogP contribution in [0.1, 0.15) is 29.5 Å². The van der Waals surface area contributed by atoms with Crippen LogP contribution in [-0.4, -0.2) is 39.6 Å². The number of nitrogens with one attached hydrogen (secondary N) is 2. The van der Waals surface area contributed by atoms with Crippen LogP contribution < -0.4 is 10.6 Å². The number of carbonyl (C=O) groups is 2. The van der Waals surface area contributed by atoms with Crippen molar-refractivity contribution in [2.45, 2.75) is 39.7 Å². The minimum absolute atomic E-state index is 0.235. The van der Waals surface area contributed by atoms with E-state index in [4.69, 9.17) is 0 Å². The number of anilines is 2. The van der Waals surface area contributed by atoms with Crippen molar-refractivity contribution in [1.29, 1.82) is 0 Å². The molecular weight excluding hydrogens is 410 g/mol. The summed E-state index contributed by atoms with van der Waals surface area (Å²) in [7, 11) is 0. The van der Waals surface area contributed by atoms with E-state index in [0.717, 1.165) is 33.8 Å². The second-order valence-electron chi connectivity index (χ2n) is 7.82. The number of amides is 3. The van der Waals surface area contributed by atoms with Crippen molar-refractivity contribution in [2.75, 3.05) is 17.2 Å². The maximum absolute atomic E-state index is 12.9. The van der Waals surface area contributed by atoms with Crippen LogP contribution in [-0.2, 0) is 4.79 Å². The fourth-order valence-electron chi connectivity index (χ4n) is 3.75. The first-order valence-electron chi connectivity index (χ1n) is 10.3. The lowest BCUT2D eigenvalue weighted by Gasteiger charge is -2.24. The van der Waals surface area contributed by atoms with Gasteiger partial charge in [-0.3, -0.25) is 10.1 Å². The fraction of sp³-hybridized carbons (Fsp3) is 0.304. The summed E-state index contributed by atoms with van der Waals surface area (Å²) < 4.78 is 0. The smallest absolute Gasteiger partial charge is 0.312 e. The molecule has 160 valence electrons. The molecule has 0 saturated carbocycles. The van der Waals surface area contributed by atoms with Crippen molar-refractivity contribution in [3.63, 3.8) is 0 Å². The zero-order valence-electron chi connectivity index (χ0n) is 17.8. The van der Waals surface area contributed by atoms with Crippen LogP contribution in [0.15, 0.2) is 42.5 Å². The zero-order chi connectivity index (χ0) is 22.0. The molecule has 1 saturated heterocycles. The first kappa shape index (κ1) is 21.0. The van der Waals surface area contributed by atoms with Gasteiger partial charge in [0.05, 0.1) is 0 Å². The van der Waals surface area contributed by atoms with E-state index in [-0.39, 0.29) is 11.9 Å². The van der Waals surface area contributed by atoms with Gasteiger partial charge in [0.15, 0.2) is 0 Å². The van der Waals surface area contributed by atoms with Crippen molar-refractivity contribution in [1.82, 2.24) is 15.1 Å². The molecule has 1 unspecified atom stereocenters. The Morgan fingerprint density at radius 1 is 1.00 bits per heavy atom. The summed E-state index contributed by atoms with van der Waals surface area (Å²) in [4.78, 5) is 27.4. The molecule has 31 heavy (non-hydrogen) atoms. The number of hydrogen-bond donors (Lipinski definition) is 2. The highest BCUT2D eigenvalue weighted by molar-refractivity contribution is 7.18. The highest BCUT2D eigenvalue weighted by atomic mass is 32.1. The van der Waals surface area contributed by atoms with Gasteiger partial charge in [-0.15, -0.1) is 10.2 Å². The Morgan fingerprint density at radius 3 is 2.42 bits per heavy atom. The van der Waals surface area contributed by atoms with Gasteiger partial charge in [-0.2, -0.15) is 0 Å². The van der Waals surface area contributed by atoms with Crippen molar-refractivity contribution in [3.05, 3.63) is 59.2 Å². The molecule has 0 aliphatic carbocycles. The maximum Gasteiger partial charge on any atom is 0.322 e. The molecule has 8 heteroatoms. The average molecular weight is 436 g/mol. The van der Waals surface area contributed by atoms with Gasteiger partial charge in [0, 0.05) is 17.8 Å². The van der Waals surface area contributed by atoms with Gasteiger partial charge < -0.3 is 10.2 Å². The monoisotopic (exact) mass is 435 g/mol. The first-order chi connectivity index (χ1) is 14.9. The minimum Gasteiger partial charge on any atom is -0.312 e. The molecule has 1 aromatic heterocycles. The molecule has 0 bridgehead atoms. The minimum atomic E-state index is -0.531. The molecule has 0 radical (unpaired) electrons. The van der Waals surface area contributed by atoms with Crippen molar-refractivity contribution < 1.29 is 9.59 Å². The molecule has 3 aromatic rings. The van der Waals surface area contributed by atoms with Crippen molar-refractivity contribution in [2.24, 2.45) is 0 Å². The third kappa shape index (κ3) is 4.59. The third-order valence-corrected chi connectivity index (χ3v) is 6.37. The predicted octanol–water partition coefficient (Wildman–Crippen LogP) is 4.77. The van der Waals surface area contributed by atoms with Gasteiger partial charge in [-0.25, -0.2) is 4.79 Å². The van der Waals surface area contributed by atoms with E-state index in [1.54, 1.807) is 4.90 Å². The number of nitrogens with zero attached hydrogens (tertiary/aromatic N) is 3. The van der Waals surface area contributed by atoms with Crippen LogP contribution in [0.4, 0.5) is 15.6 Å². The number of urea groups is 1. The van der Waals surface area contributed by atoms with Crippen LogP contribution in [0.2, 0.25) is 0 Å². The predicted molar refractivity (Wildman–Crippen MR) is 123 cm³/mol. The SMILES string of the molecule is Cc1ccc(-c2nnc(NC(=O)C3CCCN3C(=O)Nc3c(C)cccc3C)s2)cc1. The normalized spacial score (nSPS) is 15.7. The number of carbonyl (C=O) groups excluding carboxylic acids is 2. The molecule has 2 N–H and O–H groups in total. The Hall–Kier alpha value is -3.26. The van der Waals surface area contributed by atoms with Gasteiger partial charge in [-0.1, -0.05) is 59.4 Å². The van der Waals surface area contributed by atoms with E-state index in [1.165, 1.54) is 16.9 Å². The number of hydrogen-bond acceptors (Lipinski definition) is 5. The van der Waals surface area contributed by atoms with Gasteiger partial charge in [0.2, 0.25) is 11.0 Å². The van der Waals surface area contributed by atoms with Crippen molar-refractivity contribution in [3.8, 4) is 10.6 Å². The average Bonchev–Trinajstić information content (AvgIpc) is 3.41. The number of aromatic nitrogens is 2. The summed E-state index contributed by atoms with van der Waals surface area (Å²) in [6.45, 7) is 6.48. The molecule has 2 heterocycles. The molecule has 1 fully saturated rings. The zero-order valence-corrected chi connectivity index (χ0v) is 18.6.